The molecular weight excluding hydrogens is 332 g/mol. The molecule has 1 heterocycles. The molecule has 0 aliphatic carbocycles. The lowest BCUT2D eigenvalue weighted by Crippen LogP contribution is -2.39. The summed E-state index contributed by atoms with van der Waals surface area (Å²) in [5, 5.41) is 19.6. The van der Waals surface area contributed by atoms with Crippen molar-refractivity contribution in [3.05, 3.63) is 59.2 Å². The van der Waals surface area contributed by atoms with E-state index in [-0.39, 0.29) is 11.5 Å². The average Bonchev–Trinajstić information content (AvgIpc) is 3.06. The summed E-state index contributed by atoms with van der Waals surface area (Å²) < 4.78 is 11.3. The Morgan fingerprint density at radius 3 is 2.54 bits per heavy atom. The number of carbonyl (C=O) groups is 1. The SMILES string of the molecule is COc1ccc(C(=O)C=Cc2ccc(O)cc2)c2c1C[C@H](C(C)(C)O)O2. The number of rotatable bonds is 5. The van der Waals surface area contributed by atoms with Gasteiger partial charge in [0.15, 0.2) is 5.78 Å². The van der Waals surface area contributed by atoms with Crippen LogP contribution in [-0.4, -0.2) is 34.8 Å². The second-order valence-electron chi connectivity index (χ2n) is 6.88. The van der Waals surface area contributed by atoms with E-state index in [0.29, 0.717) is 23.5 Å². The third-order valence-electron chi connectivity index (χ3n) is 4.46. The number of allylic oxidation sites excluding steroid dienone is 1. The number of hydrogen-bond acceptors (Lipinski definition) is 5. The van der Waals surface area contributed by atoms with Crippen LogP contribution in [0.4, 0.5) is 0 Å². The molecule has 5 nitrogen and oxygen atoms in total. The Hall–Kier alpha value is -2.79. The van der Waals surface area contributed by atoms with Gasteiger partial charge in [-0.3, -0.25) is 4.79 Å². The predicted octanol–water partition coefficient (Wildman–Crippen LogP) is 3.37. The maximum Gasteiger partial charge on any atom is 0.189 e. The maximum atomic E-state index is 12.7. The number of hydrogen-bond donors (Lipinski definition) is 2. The van der Waals surface area contributed by atoms with Crippen LogP contribution in [0.15, 0.2) is 42.5 Å². The first-order valence-corrected chi connectivity index (χ1v) is 8.40. The van der Waals surface area contributed by atoms with Crippen LogP contribution in [0.25, 0.3) is 6.08 Å². The van der Waals surface area contributed by atoms with Gasteiger partial charge in [0.2, 0.25) is 0 Å². The number of carbonyl (C=O) groups excluding carboxylic acids is 1. The molecule has 0 spiro atoms. The van der Waals surface area contributed by atoms with Gasteiger partial charge in [0, 0.05) is 12.0 Å². The number of phenols is 1. The smallest absolute Gasteiger partial charge is 0.189 e. The standard InChI is InChI=1S/C21H22O5/c1-21(2,24)19-12-16-18(25-3)11-9-15(20(16)26-19)17(23)10-6-13-4-7-14(22)8-5-13/h4-11,19,22,24H,12H2,1-3H3/t19-/m1/s1. The number of ketones is 1. The van der Waals surface area contributed by atoms with Crippen molar-refractivity contribution in [2.24, 2.45) is 0 Å². The molecule has 0 fully saturated rings. The Morgan fingerprint density at radius 1 is 1.23 bits per heavy atom. The lowest BCUT2D eigenvalue weighted by Gasteiger charge is -2.24. The fourth-order valence-electron chi connectivity index (χ4n) is 2.93. The third-order valence-corrected chi connectivity index (χ3v) is 4.46. The van der Waals surface area contributed by atoms with Crippen LogP contribution >= 0.6 is 0 Å². The minimum absolute atomic E-state index is 0.174. The molecule has 3 rings (SSSR count). The first kappa shape index (κ1) is 18.0. The average molecular weight is 354 g/mol. The van der Waals surface area contributed by atoms with Crippen LogP contribution < -0.4 is 9.47 Å². The Bertz CT molecular complexity index is 844. The van der Waals surface area contributed by atoms with Gasteiger partial charge in [-0.2, -0.15) is 0 Å². The van der Waals surface area contributed by atoms with Crippen molar-refractivity contribution in [2.75, 3.05) is 7.11 Å². The van der Waals surface area contributed by atoms with Gasteiger partial charge in [-0.1, -0.05) is 18.2 Å². The van der Waals surface area contributed by atoms with E-state index >= 15 is 0 Å². The van der Waals surface area contributed by atoms with Gasteiger partial charge in [0.25, 0.3) is 0 Å². The third kappa shape index (κ3) is 3.58. The van der Waals surface area contributed by atoms with Gasteiger partial charge >= 0.3 is 0 Å². The monoisotopic (exact) mass is 354 g/mol. The lowest BCUT2D eigenvalue weighted by molar-refractivity contribution is -0.0231. The molecule has 5 heteroatoms. The zero-order valence-electron chi connectivity index (χ0n) is 15.0. The fourth-order valence-corrected chi connectivity index (χ4v) is 2.93. The Morgan fingerprint density at radius 2 is 1.92 bits per heavy atom. The number of phenolic OH excluding ortho intramolecular Hbond substituents is 1. The highest BCUT2D eigenvalue weighted by atomic mass is 16.5. The van der Waals surface area contributed by atoms with E-state index in [1.165, 1.54) is 6.08 Å². The minimum atomic E-state index is -1.04. The van der Waals surface area contributed by atoms with Gasteiger partial charge in [-0.05, 0) is 49.8 Å². The van der Waals surface area contributed by atoms with Crippen LogP contribution in [0.3, 0.4) is 0 Å². The molecular formula is C21H22O5. The van der Waals surface area contributed by atoms with Crippen LogP contribution in [0.1, 0.15) is 35.3 Å². The molecule has 0 bridgehead atoms. The van der Waals surface area contributed by atoms with Crippen LogP contribution in [0.2, 0.25) is 0 Å². The van der Waals surface area contributed by atoms with Gasteiger partial charge < -0.3 is 19.7 Å². The topological polar surface area (TPSA) is 76.0 Å². The molecule has 2 aromatic rings. The largest absolute Gasteiger partial charge is 0.508 e. The fraction of sp³-hybridized carbons (Fsp3) is 0.286. The first-order valence-electron chi connectivity index (χ1n) is 8.40. The normalized spacial score (nSPS) is 16.4. The molecule has 1 aliphatic heterocycles. The molecule has 0 aromatic heterocycles. The highest BCUT2D eigenvalue weighted by Crippen LogP contribution is 2.41. The van der Waals surface area contributed by atoms with Crippen LogP contribution in [0, 0.1) is 0 Å². The summed E-state index contributed by atoms with van der Waals surface area (Å²) in [6.07, 6.45) is 3.18. The summed E-state index contributed by atoms with van der Waals surface area (Å²) in [5.41, 5.74) is 0.995. The molecule has 0 amide bonds. The molecule has 1 aliphatic rings. The van der Waals surface area contributed by atoms with E-state index in [9.17, 15) is 15.0 Å². The number of benzene rings is 2. The van der Waals surface area contributed by atoms with Crippen molar-refractivity contribution in [3.63, 3.8) is 0 Å². The number of methoxy groups -OCH3 is 1. The predicted molar refractivity (Wildman–Crippen MR) is 98.9 cm³/mol. The molecule has 136 valence electrons. The van der Waals surface area contributed by atoms with E-state index in [1.807, 2.05) is 0 Å². The number of aliphatic hydroxyl groups is 1. The van der Waals surface area contributed by atoms with Crippen molar-refractivity contribution in [2.45, 2.75) is 32.0 Å². The Kier molecular flexibility index (Phi) is 4.74. The molecule has 0 saturated heterocycles. The van der Waals surface area contributed by atoms with Crippen molar-refractivity contribution in [1.82, 2.24) is 0 Å². The van der Waals surface area contributed by atoms with Crippen LogP contribution in [0.5, 0.6) is 17.2 Å². The van der Waals surface area contributed by atoms with E-state index in [2.05, 4.69) is 0 Å². The van der Waals surface area contributed by atoms with E-state index < -0.39 is 11.7 Å². The van der Waals surface area contributed by atoms with Gasteiger partial charge in [-0.15, -0.1) is 0 Å². The number of fused-ring (bicyclic) bond motifs is 1. The molecule has 1 atom stereocenters. The summed E-state index contributed by atoms with van der Waals surface area (Å²) in [5.74, 6) is 1.09. The highest BCUT2D eigenvalue weighted by molar-refractivity contribution is 6.09. The summed E-state index contributed by atoms with van der Waals surface area (Å²) >= 11 is 0. The summed E-state index contributed by atoms with van der Waals surface area (Å²) in [4.78, 5) is 12.7. The Labute approximate surface area is 152 Å². The zero-order valence-corrected chi connectivity index (χ0v) is 15.0. The maximum absolute atomic E-state index is 12.7. The van der Waals surface area contributed by atoms with E-state index in [4.69, 9.17) is 9.47 Å². The molecule has 0 unspecified atom stereocenters. The molecule has 2 aromatic carbocycles. The molecule has 0 saturated carbocycles. The highest BCUT2D eigenvalue weighted by Gasteiger charge is 2.38. The van der Waals surface area contributed by atoms with Crippen molar-refractivity contribution in [3.8, 4) is 17.2 Å². The van der Waals surface area contributed by atoms with Gasteiger partial charge in [-0.25, -0.2) is 0 Å². The number of aromatic hydroxyl groups is 1. The van der Waals surface area contributed by atoms with Crippen molar-refractivity contribution < 1.29 is 24.5 Å². The quantitative estimate of drug-likeness (QED) is 0.636. The second kappa shape index (κ2) is 6.84. The zero-order chi connectivity index (χ0) is 18.9. The Balaban J connectivity index is 1.91. The first-order chi connectivity index (χ1) is 12.3. The van der Waals surface area contributed by atoms with E-state index in [0.717, 1.165) is 11.1 Å². The summed E-state index contributed by atoms with van der Waals surface area (Å²) in [7, 11) is 1.57. The molecule has 0 radical (unpaired) electrons. The second-order valence-corrected chi connectivity index (χ2v) is 6.88. The van der Waals surface area contributed by atoms with Crippen molar-refractivity contribution >= 4 is 11.9 Å². The van der Waals surface area contributed by atoms with Crippen molar-refractivity contribution in [1.29, 1.82) is 0 Å². The lowest BCUT2D eigenvalue weighted by atomic mass is 9.96. The molecule has 26 heavy (non-hydrogen) atoms. The van der Waals surface area contributed by atoms with Gasteiger partial charge in [0.05, 0.1) is 18.3 Å². The summed E-state index contributed by atoms with van der Waals surface area (Å²) in [6.45, 7) is 3.37. The molecule has 2 N–H and O–H groups in total. The van der Waals surface area contributed by atoms with Crippen LogP contribution in [-0.2, 0) is 6.42 Å². The summed E-state index contributed by atoms with van der Waals surface area (Å²) in [6, 6.07) is 9.99. The van der Waals surface area contributed by atoms with E-state index in [1.54, 1.807) is 63.4 Å². The minimum Gasteiger partial charge on any atom is -0.508 e. The van der Waals surface area contributed by atoms with Gasteiger partial charge in [0.1, 0.15) is 23.4 Å². The number of ether oxygens (including phenoxy) is 2.